The summed E-state index contributed by atoms with van der Waals surface area (Å²) in [6.45, 7) is 2.08. The average Bonchev–Trinajstić information content (AvgIpc) is 2.63. The van der Waals surface area contributed by atoms with E-state index in [1.807, 2.05) is 6.07 Å². The fourth-order valence-corrected chi connectivity index (χ4v) is 2.82. The number of aryl methyl sites for hydroxylation is 1. The van der Waals surface area contributed by atoms with Crippen molar-refractivity contribution in [1.29, 1.82) is 0 Å². The van der Waals surface area contributed by atoms with E-state index in [4.69, 9.17) is 4.42 Å². The van der Waals surface area contributed by atoms with Crippen molar-refractivity contribution < 1.29 is 9.21 Å². The Morgan fingerprint density at radius 3 is 3.00 bits per heavy atom. The quantitative estimate of drug-likeness (QED) is 0.695. The van der Waals surface area contributed by atoms with Crippen LogP contribution in [0.4, 0.5) is 0 Å². The van der Waals surface area contributed by atoms with Gasteiger partial charge in [0.2, 0.25) is 0 Å². The highest BCUT2D eigenvalue weighted by Gasteiger charge is 2.22. The van der Waals surface area contributed by atoms with E-state index in [-0.39, 0.29) is 5.92 Å². The van der Waals surface area contributed by atoms with Gasteiger partial charge in [-0.25, -0.2) is 0 Å². The van der Waals surface area contributed by atoms with Crippen molar-refractivity contribution in [3.05, 3.63) is 35.6 Å². The lowest BCUT2D eigenvalue weighted by molar-refractivity contribution is -0.119. The molecular weight excluding hydrogens is 224 g/mol. The standard InChI is InChI=1S/C16H18O2/c1-11-6-7-15-13(8-11)10-16(18-15)12-4-2-3-5-14(17)9-12/h6-8,10,12H,2-5,9H2,1H3. The smallest absolute Gasteiger partial charge is 0.134 e. The van der Waals surface area contributed by atoms with Gasteiger partial charge in [0, 0.05) is 24.1 Å². The second-order valence-electron chi connectivity index (χ2n) is 5.38. The Morgan fingerprint density at radius 2 is 2.11 bits per heavy atom. The van der Waals surface area contributed by atoms with Gasteiger partial charge in [-0.3, -0.25) is 4.79 Å². The molecule has 1 atom stereocenters. The molecule has 1 saturated carbocycles. The first-order valence-electron chi connectivity index (χ1n) is 6.74. The monoisotopic (exact) mass is 242 g/mol. The van der Waals surface area contributed by atoms with Crippen LogP contribution in [0.25, 0.3) is 11.0 Å². The Hall–Kier alpha value is -1.57. The number of furan rings is 1. The number of ketones is 1. The van der Waals surface area contributed by atoms with Crippen LogP contribution in [0, 0.1) is 6.92 Å². The fraction of sp³-hybridized carbons (Fsp3) is 0.438. The molecule has 94 valence electrons. The third-order valence-corrected chi connectivity index (χ3v) is 3.83. The lowest BCUT2D eigenvalue weighted by Gasteiger charge is -2.08. The SMILES string of the molecule is Cc1ccc2oc(C3CCCCC(=O)C3)cc2c1. The topological polar surface area (TPSA) is 30.2 Å². The molecule has 0 aliphatic heterocycles. The van der Waals surface area contributed by atoms with E-state index in [9.17, 15) is 4.79 Å². The van der Waals surface area contributed by atoms with E-state index in [0.717, 1.165) is 42.4 Å². The second-order valence-corrected chi connectivity index (χ2v) is 5.38. The van der Waals surface area contributed by atoms with Crippen molar-refractivity contribution in [3.8, 4) is 0 Å². The minimum atomic E-state index is 0.285. The van der Waals surface area contributed by atoms with Gasteiger partial charge in [0.1, 0.15) is 17.1 Å². The maximum Gasteiger partial charge on any atom is 0.134 e. The summed E-state index contributed by atoms with van der Waals surface area (Å²) in [7, 11) is 0. The summed E-state index contributed by atoms with van der Waals surface area (Å²) < 4.78 is 5.91. The first kappa shape index (κ1) is 11.5. The third kappa shape index (κ3) is 2.20. The number of Topliss-reactive ketones (excluding diaryl/α,β-unsaturated/α-hetero) is 1. The highest BCUT2D eigenvalue weighted by Crippen LogP contribution is 2.33. The van der Waals surface area contributed by atoms with Crippen LogP contribution in [0.15, 0.2) is 28.7 Å². The van der Waals surface area contributed by atoms with Gasteiger partial charge in [-0.05, 0) is 38.0 Å². The summed E-state index contributed by atoms with van der Waals surface area (Å²) in [6, 6.07) is 8.34. The Morgan fingerprint density at radius 1 is 1.22 bits per heavy atom. The Kier molecular flexibility index (Phi) is 2.94. The summed E-state index contributed by atoms with van der Waals surface area (Å²) >= 11 is 0. The summed E-state index contributed by atoms with van der Waals surface area (Å²) in [6.07, 6.45) is 4.64. The number of hydrogen-bond acceptors (Lipinski definition) is 2. The maximum absolute atomic E-state index is 11.7. The molecule has 3 rings (SSSR count). The minimum absolute atomic E-state index is 0.285. The molecule has 1 heterocycles. The lowest BCUT2D eigenvalue weighted by Crippen LogP contribution is -2.02. The molecule has 0 N–H and O–H groups in total. The van der Waals surface area contributed by atoms with Crippen molar-refractivity contribution in [3.63, 3.8) is 0 Å². The molecule has 0 saturated heterocycles. The molecule has 18 heavy (non-hydrogen) atoms. The van der Waals surface area contributed by atoms with E-state index in [0.29, 0.717) is 12.2 Å². The minimum Gasteiger partial charge on any atom is -0.461 e. The Bertz CT molecular complexity index is 580. The molecule has 2 nitrogen and oxygen atoms in total. The highest BCUT2D eigenvalue weighted by molar-refractivity contribution is 5.81. The van der Waals surface area contributed by atoms with Gasteiger partial charge in [0.25, 0.3) is 0 Å². The molecule has 2 heteroatoms. The van der Waals surface area contributed by atoms with Crippen molar-refractivity contribution in [1.82, 2.24) is 0 Å². The Labute approximate surface area is 107 Å². The van der Waals surface area contributed by atoms with Crippen molar-refractivity contribution in [2.24, 2.45) is 0 Å². The first-order valence-corrected chi connectivity index (χ1v) is 6.74. The molecule has 1 aliphatic carbocycles. The van der Waals surface area contributed by atoms with Crippen LogP contribution >= 0.6 is 0 Å². The molecular formula is C16H18O2. The van der Waals surface area contributed by atoms with Crippen molar-refractivity contribution in [2.75, 3.05) is 0 Å². The van der Waals surface area contributed by atoms with Crippen molar-refractivity contribution >= 4 is 16.8 Å². The summed E-state index contributed by atoms with van der Waals surface area (Å²) in [5.74, 6) is 1.66. The molecule has 0 bridgehead atoms. The number of hydrogen-bond donors (Lipinski definition) is 0. The molecule has 1 unspecified atom stereocenters. The molecule has 0 amide bonds. The highest BCUT2D eigenvalue weighted by atomic mass is 16.3. The second kappa shape index (κ2) is 4.60. The summed E-state index contributed by atoms with van der Waals surface area (Å²) in [5.41, 5.74) is 2.18. The van der Waals surface area contributed by atoms with Crippen LogP contribution in [0.2, 0.25) is 0 Å². The fourth-order valence-electron chi connectivity index (χ4n) is 2.82. The maximum atomic E-state index is 11.7. The predicted molar refractivity (Wildman–Crippen MR) is 71.8 cm³/mol. The van der Waals surface area contributed by atoms with Gasteiger partial charge in [0.05, 0.1) is 0 Å². The number of carbonyl (C=O) groups excluding carboxylic acids is 1. The molecule has 1 aliphatic rings. The average molecular weight is 242 g/mol. The molecule has 2 aromatic rings. The predicted octanol–water partition coefficient (Wildman–Crippen LogP) is 4.36. The Balaban J connectivity index is 1.95. The van der Waals surface area contributed by atoms with E-state index < -0.39 is 0 Å². The summed E-state index contributed by atoms with van der Waals surface area (Å²) in [4.78, 5) is 11.7. The van der Waals surface area contributed by atoms with Crippen LogP contribution in [-0.4, -0.2) is 5.78 Å². The van der Waals surface area contributed by atoms with Crippen LogP contribution in [0.1, 0.15) is 49.3 Å². The lowest BCUT2D eigenvalue weighted by atomic mass is 9.97. The normalized spacial score (nSPS) is 21.2. The van der Waals surface area contributed by atoms with Crippen LogP contribution in [-0.2, 0) is 4.79 Å². The summed E-state index contributed by atoms with van der Waals surface area (Å²) in [5, 5.41) is 1.15. The van der Waals surface area contributed by atoms with Crippen LogP contribution in [0.3, 0.4) is 0 Å². The van der Waals surface area contributed by atoms with Gasteiger partial charge in [-0.1, -0.05) is 18.1 Å². The molecule has 1 fully saturated rings. The van der Waals surface area contributed by atoms with Crippen LogP contribution in [0.5, 0.6) is 0 Å². The number of rotatable bonds is 1. The number of benzene rings is 1. The number of fused-ring (bicyclic) bond motifs is 1. The van der Waals surface area contributed by atoms with Crippen LogP contribution < -0.4 is 0 Å². The van der Waals surface area contributed by atoms with E-state index in [1.54, 1.807) is 0 Å². The zero-order valence-electron chi connectivity index (χ0n) is 10.7. The van der Waals surface area contributed by atoms with E-state index >= 15 is 0 Å². The van der Waals surface area contributed by atoms with E-state index in [1.165, 1.54) is 5.56 Å². The van der Waals surface area contributed by atoms with Gasteiger partial charge < -0.3 is 4.42 Å². The van der Waals surface area contributed by atoms with Gasteiger partial charge in [0.15, 0.2) is 0 Å². The molecule has 1 aromatic heterocycles. The number of carbonyl (C=O) groups is 1. The largest absolute Gasteiger partial charge is 0.461 e. The van der Waals surface area contributed by atoms with Gasteiger partial charge in [-0.15, -0.1) is 0 Å². The molecule has 0 radical (unpaired) electrons. The molecule has 0 spiro atoms. The van der Waals surface area contributed by atoms with Gasteiger partial charge in [-0.2, -0.15) is 0 Å². The van der Waals surface area contributed by atoms with Gasteiger partial charge >= 0.3 is 0 Å². The van der Waals surface area contributed by atoms with E-state index in [2.05, 4.69) is 25.1 Å². The zero-order chi connectivity index (χ0) is 12.5. The zero-order valence-corrected chi connectivity index (χ0v) is 10.7. The molecule has 1 aromatic carbocycles. The first-order chi connectivity index (χ1) is 8.72. The van der Waals surface area contributed by atoms with Crippen molar-refractivity contribution in [2.45, 2.75) is 44.9 Å². The third-order valence-electron chi connectivity index (χ3n) is 3.83.